The molecule has 3 N–H and O–H groups in total. The number of nitrogens with two attached hydrogens (primary N) is 1. The highest BCUT2D eigenvalue weighted by Crippen LogP contribution is 2.33. The van der Waals surface area contributed by atoms with Crippen molar-refractivity contribution < 1.29 is 5.11 Å². The van der Waals surface area contributed by atoms with Gasteiger partial charge in [0.25, 0.3) is 0 Å². The lowest BCUT2D eigenvalue weighted by molar-refractivity contribution is 0.0922. The van der Waals surface area contributed by atoms with Crippen LogP contribution in [-0.2, 0) is 5.41 Å². The van der Waals surface area contributed by atoms with Crippen LogP contribution in [0, 0.1) is 0 Å². The largest absolute Gasteiger partial charge is 0.392 e. The topological polar surface area (TPSA) is 46.2 Å². The maximum Gasteiger partial charge on any atom is 0.0620 e. The van der Waals surface area contributed by atoms with Crippen LogP contribution in [0.5, 0.6) is 0 Å². The van der Waals surface area contributed by atoms with Gasteiger partial charge in [-0.15, -0.1) is 0 Å². The van der Waals surface area contributed by atoms with E-state index in [-0.39, 0.29) is 5.41 Å². The van der Waals surface area contributed by atoms with Crippen LogP contribution in [0.1, 0.15) is 57.9 Å². The van der Waals surface area contributed by atoms with E-state index in [0.29, 0.717) is 6.54 Å². The smallest absolute Gasteiger partial charge is 0.0620 e. The van der Waals surface area contributed by atoms with Crippen LogP contribution < -0.4 is 5.73 Å². The number of hydrogen-bond acceptors (Lipinski definition) is 2. The number of aliphatic hydroxyl groups is 1. The summed E-state index contributed by atoms with van der Waals surface area (Å²) < 4.78 is 0. The van der Waals surface area contributed by atoms with Crippen LogP contribution in [0.3, 0.4) is 0 Å². The molecule has 108 valence electrons. The monoisotopic (exact) mass is 263 g/mol. The fraction of sp³-hybridized carbons (Fsp3) is 0.647. The van der Waals surface area contributed by atoms with Crippen LogP contribution in [0.4, 0.5) is 0 Å². The second-order valence-electron chi connectivity index (χ2n) is 5.57. The molecule has 0 saturated heterocycles. The first-order valence-electron chi connectivity index (χ1n) is 7.61. The lowest BCUT2D eigenvalue weighted by Gasteiger charge is -2.36. The second-order valence-corrected chi connectivity index (χ2v) is 5.57. The van der Waals surface area contributed by atoms with E-state index >= 15 is 0 Å². The zero-order valence-electron chi connectivity index (χ0n) is 12.4. The zero-order valence-corrected chi connectivity index (χ0v) is 12.4. The summed E-state index contributed by atoms with van der Waals surface area (Å²) >= 11 is 0. The summed E-state index contributed by atoms with van der Waals surface area (Å²) in [5.41, 5.74) is 6.91. The van der Waals surface area contributed by atoms with E-state index in [2.05, 4.69) is 19.1 Å². The molecule has 1 aromatic carbocycles. The maximum absolute atomic E-state index is 10.2. The molecule has 19 heavy (non-hydrogen) atoms. The number of rotatable bonds is 9. The highest BCUT2D eigenvalue weighted by atomic mass is 16.3. The molecule has 2 heteroatoms. The van der Waals surface area contributed by atoms with Gasteiger partial charge in [-0.1, -0.05) is 69.4 Å². The standard InChI is InChI=1S/C17H29NO/c1-3-4-5-6-10-13-17(14-18,15(2)19)16-11-8-7-9-12-16/h7-9,11-12,15,19H,3-6,10,13-14,18H2,1-2H3. The van der Waals surface area contributed by atoms with Crippen molar-refractivity contribution in [3.05, 3.63) is 35.9 Å². The molecule has 2 atom stereocenters. The summed E-state index contributed by atoms with van der Waals surface area (Å²) in [6, 6.07) is 10.2. The molecule has 0 aliphatic rings. The molecule has 0 amide bonds. The molecular weight excluding hydrogens is 234 g/mol. The Hall–Kier alpha value is -0.860. The third-order valence-corrected chi connectivity index (χ3v) is 4.24. The number of hydrogen-bond donors (Lipinski definition) is 2. The van der Waals surface area contributed by atoms with Crippen molar-refractivity contribution in [1.82, 2.24) is 0 Å². The van der Waals surface area contributed by atoms with Gasteiger partial charge in [0.15, 0.2) is 0 Å². The molecule has 1 rings (SSSR count). The van der Waals surface area contributed by atoms with Gasteiger partial charge in [-0.3, -0.25) is 0 Å². The summed E-state index contributed by atoms with van der Waals surface area (Å²) in [5.74, 6) is 0. The first-order valence-corrected chi connectivity index (χ1v) is 7.61. The Bertz CT molecular complexity index is 336. The highest BCUT2D eigenvalue weighted by Gasteiger charge is 2.35. The molecule has 0 fully saturated rings. The van der Waals surface area contributed by atoms with E-state index in [1.54, 1.807) is 0 Å². The van der Waals surface area contributed by atoms with Gasteiger partial charge in [0, 0.05) is 12.0 Å². The van der Waals surface area contributed by atoms with E-state index < -0.39 is 6.10 Å². The molecule has 1 aromatic rings. The normalized spacial score (nSPS) is 16.0. The molecule has 0 saturated carbocycles. The maximum atomic E-state index is 10.2. The lowest BCUT2D eigenvalue weighted by atomic mass is 9.72. The molecule has 0 aromatic heterocycles. The predicted molar refractivity (Wildman–Crippen MR) is 82.2 cm³/mol. The molecule has 2 unspecified atom stereocenters. The second kappa shape index (κ2) is 8.34. The Morgan fingerprint density at radius 1 is 1.11 bits per heavy atom. The molecule has 0 heterocycles. The first-order chi connectivity index (χ1) is 9.17. The number of unbranched alkanes of at least 4 members (excludes halogenated alkanes) is 4. The van der Waals surface area contributed by atoms with Gasteiger partial charge in [0.05, 0.1) is 6.10 Å². The minimum absolute atomic E-state index is 0.284. The Balaban J connectivity index is 2.71. The van der Waals surface area contributed by atoms with Gasteiger partial charge in [-0.2, -0.15) is 0 Å². The average Bonchev–Trinajstić information content (AvgIpc) is 2.44. The summed E-state index contributed by atoms with van der Waals surface area (Å²) in [4.78, 5) is 0. The Kier molecular flexibility index (Phi) is 7.11. The number of benzene rings is 1. The van der Waals surface area contributed by atoms with Gasteiger partial charge in [-0.25, -0.2) is 0 Å². The molecular formula is C17H29NO. The van der Waals surface area contributed by atoms with E-state index in [1.165, 1.54) is 31.2 Å². The van der Waals surface area contributed by atoms with E-state index in [1.807, 2.05) is 25.1 Å². The zero-order chi connectivity index (χ0) is 14.1. The van der Waals surface area contributed by atoms with Crippen LogP contribution in [0.2, 0.25) is 0 Å². The summed E-state index contributed by atoms with van der Waals surface area (Å²) in [5, 5.41) is 10.2. The molecule has 0 aliphatic heterocycles. The van der Waals surface area contributed by atoms with Gasteiger partial charge in [-0.05, 0) is 18.9 Å². The fourth-order valence-corrected chi connectivity index (χ4v) is 2.80. The third-order valence-electron chi connectivity index (χ3n) is 4.24. The average molecular weight is 263 g/mol. The minimum Gasteiger partial charge on any atom is -0.392 e. The summed E-state index contributed by atoms with van der Waals surface area (Å²) in [6.07, 6.45) is 6.77. The molecule has 0 radical (unpaired) electrons. The Morgan fingerprint density at radius 2 is 1.74 bits per heavy atom. The SMILES string of the molecule is CCCCCCCC(CN)(c1ccccc1)C(C)O. The Morgan fingerprint density at radius 3 is 2.26 bits per heavy atom. The van der Waals surface area contributed by atoms with Crippen molar-refractivity contribution in [2.75, 3.05) is 6.54 Å². The van der Waals surface area contributed by atoms with Crippen LogP contribution in [0.25, 0.3) is 0 Å². The minimum atomic E-state index is -0.411. The quantitative estimate of drug-likeness (QED) is 0.668. The highest BCUT2D eigenvalue weighted by molar-refractivity contribution is 5.27. The summed E-state index contributed by atoms with van der Waals surface area (Å²) in [7, 11) is 0. The van der Waals surface area contributed by atoms with Gasteiger partial charge in [0.2, 0.25) is 0 Å². The Labute approximate surface area is 118 Å². The summed E-state index contributed by atoms with van der Waals surface area (Å²) in [6.45, 7) is 4.60. The van der Waals surface area contributed by atoms with E-state index in [4.69, 9.17) is 5.73 Å². The van der Waals surface area contributed by atoms with Gasteiger partial charge < -0.3 is 10.8 Å². The lowest BCUT2D eigenvalue weighted by Crippen LogP contribution is -2.44. The van der Waals surface area contributed by atoms with Crippen LogP contribution in [-0.4, -0.2) is 17.8 Å². The van der Waals surface area contributed by atoms with Crippen molar-refractivity contribution >= 4 is 0 Å². The first kappa shape index (κ1) is 16.2. The molecule has 0 aliphatic carbocycles. The predicted octanol–water partition coefficient (Wildman–Crippen LogP) is 3.62. The van der Waals surface area contributed by atoms with E-state index in [0.717, 1.165) is 12.8 Å². The van der Waals surface area contributed by atoms with Crippen molar-refractivity contribution in [3.63, 3.8) is 0 Å². The van der Waals surface area contributed by atoms with Crippen molar-refractivity contribution in [1.29, 1.82) is 0 Å². The van der Waals surface area contributed by atoms with Crippen molar-refractivity contribution in [2.24, 2.45) is 5.73 Å². The van der Waals surface area contributed by atoms with Crippen LogP contribution in [0.15, 0.2) is 30.3 Å². The van der Waals surface area contributed by atoms with Crippen molar-refractivity contribution in [3.8, 4) is 0 Å². The number of aliphatic hydroxyl groups excluding tert-OH is 1. The third kappa shape index (κ3) is 4.32. The molecule has 0 spiro atoms. The van der Waals surface area contributed by atoms with Crippen LogP contribution >= 0.6 is 0 Å². The van der Waals surface area contributed by atoms with Gasteiger partial charge >= 0.3 is 0 Å². The van der Waals surface area contributed by atoms with Gasteiger partial charge in [0.1, 0.15) is 0 Å². The molecule has 2 nitrogen and oxygen atoms in total. The van der Waals surface area contributed by atoms with E-state index in [9.17, 15) is 5.11 Å². The van der Waals surface area contributed by atoms with Crippen molar-refractivity contribution in [2.45, 2.75) is 63.9 Å². The molecule has 0 bridgehead atoms. The fourth-order valence-electron chi connectivity index (χ4n) is 2.80.